The highest BCUT2D eigenvalue weighted by Crippen LogP contribution is 2.24. The average Bonchev–Trinajstić information content (AvgIpc) is 2.87. The molecule has 0 radical (unpaired) electrons. The van der Waals surface area contributed by atoms with E-state index in [2.05, 4.69) is 15.5 Å². The molecule has 1 aliphatic rings. The third-order valence-electron chi connectivity index (χ3n) is 5.12. The van der Waals surface area contributed by atoms with Gasteiger partial charge in [0, 0.05) is 13.1 Å². The molecule has 1 aromatic carbocycles. The predicted molar refractivity (Wildman–Crippen MR) is 112 cm³/mol. The molecule has 7 heteroatoms. The Kier molecular flexibility index (Phi) is 7.36. The Bertz CT molecular complexity index is 767. The van der Waals surface area contributed by atoms with Crippen molar-refractivity contribution in [2.75, 3.05) is 5.75 Å². The molecule has 0 saturated heterocycles. The van der Waals surface area contributed by atoms with Gasteiger partial charge in [0.2, 0.25) is 5.91 Å². The Balaban J connectivity index is 1.52. The second-order valence-electron chi connectivity index (χ2n) is 7.52. The van der Waals surface area contributed by atoms with Crippen LogP contribution in [0.25, 0.3) is 0 Å². The van der Waals surface area contributed by atoms with Gasteiger partial charge in [0.15, 0.2) is 17.1 Å². The fourth-order valence-corrected chi connectivity index (χ4v) is 4.23. The number of nitrogens with zero attached hydrogens (tertiary/aromatic N) is 3. The van der Waals surface area contributed by atoms with Gasteiger partial charge in [0.25, 0.3) is 0 Å². The summed E-state index contributed by atoms with van der Waals surface area (Å²) >= 11 is 1.42. The van der Waals surface area contributed by atoms with Gasteiger partial charge in [-0.15, -0.1) is 10.2 Å². The van der Waals surface area contributed by atoms with Crippen LogP contribution in [0.4, 0.5) is 0 Å². The van der Waals surface area contributed by atoms with E-state index in [-0.39, 0.29) is 12.0 Å². The lowest BCUT2D eigenvalue weighted by Crippen LogP contribution is -2.35. The van der Waals surface area contributed by atoms with E-state index in [0.29, 0.717) is 11.8 Å². The number of amides is 1. The van der Waals surface area contributed by atoms with Crippen molar-refractivity contribution in [2.45, 2.75) is 69.7 Å². The molecule has 1 N–H and O–H groups in total. The number of rotatable bonds is 7. The van der Waals surface area contributed by atoms with Crippen molar-refractivity contribution < 1.29 is 9.53 Å². The lowest BCUT2D eigenvalue weighted by atomic mass is 10.1. The predicted octanol–water partition coefficient (Wildman–Crippen LogP) is 4.19. The number of hydrogen-bond acceptors (Lipinski definition) is 5. The lowest BCUT2D eigenvalue weighted by molar-refractivity contribution is -0.119. The number of hydrogen-bond donors (Lipinski definition) is 1. The summed E-state index contributed by atoms with van der Waals surface area (Å²) in [6.45, 7) is 4.00. The molecule has 152 valence electrons. The molecule has 0 aliphatic heterocycles. The van der Waals surface area contributed by atoms with Gasteiger partial charge >= 0.3 is 0 Å². The van der Waals surface area contributed by atoms with Crippen LogP contribution in [0.3, 0.4) is 0 Å². The van der Waals surface area contributed by atoms with E-state index in [4.69, 9.17) is 4.74 Å². The molecule has 0 bridgehead atoms. The molecule has 0 spiro atoms. The minimum absolute atomic E-state index is 0.0744. The van der Waals surface area contributed by atoms with Gasteiger partial charge in [-0.05, 0) is 38.8 Å². The molecular weight excluding hydrogens is 372 g/mol. The summed E-state index contributed by atoms with van der Waals surface area (Å²) in [5.74, 6) is 1.98. The second-order valence-corrected chi connectivity index (χ2v) is 8.46. The SMILES string of the molecule is Cc1ccc(OC(C)c2nnc(SCC(=O)NC3CCCCCC3)n2C)cc1. The quantitative estimate of drug-likeness (QED) is 0.555. The highest BCUT2D eigenvalue weighted by atomic mass is 32.2. The van der Waals surface area contributed by atoms with Crippen molar-refractivity contribution in [3.05, 3.63) is 35.7 Å². The van der Waals surface area contributed by atoms with Crippen LogP contribution in [0, 0.1) is 6.92 Å². The molecule has 1 saturated carbocycles. The first-order chi connectivity index (χ1) is 13.5. The van der Waals surface area contributed by atoms with Crippen molar-refractivity contribution in [3.63, 3.8) is 0 Å². The number of nitrogens with one attached hydrogen (secondary N) is 1. The van der Waals surface area contributed by atoms with Crippen molar-refractivity contribution in [2.24, 2.45) is 7.05 Å². The first kappa shape index (κ1) is 20.7. The highest BCUT2D eigenvalue weighted by molar-refractivity contribution is 7.99. The monoisotopic (exact) mass is 402 g/mol. The summed E-state index contributed by atoms with van der Waals surface area (Å²) in [5.41, 5.74) is 1.19. The molecule has 1 aromatic heterocycles. The van der Waals surface area contributed by atoms with Crippen LogP contribution in [0.1, 0.15) is 62.9 Å². The first-order valence-corrected chi connectivity index (χ1v) is 11.1. The maximum absolute atomic E-state index is 12.3. The van der Waals surface area contributed by atoms with Gasteiger partial charge in [0.1, 0.15) is 5.75 Å². The molecule has 1 atom stereocenters. The number of carbonyl (C=O) groups is 1. The molecule has 1 heterocycles. The topological polar surface area (TPSA) is 69.0 Å². The Labute approximate surface area is 171 Å². The summed E-state index contributed by atoms with van der Waals surface area (Å²) in [6, 6.07) is 8.28. The summed E-state index contributed by atoms with van der Waals surface area (Å²) in [5, 5.41) is 12.4. The fourth-order valence-electron chi connectivity index (χ4n) is 3.50. The largest absolute Gasteiger partial charge is 0.483 e. The molecule has 6 nitrogen and oxygen atoms in total. The molecule has 28 heavy (non-hydrogen) atoms. The number of aryl methyl sites for hydroxylation is 1. The third-order valence-corrected chi connectivity index (χ3v) is 6.14. The molecule has 1 amide bonds. The lowest BCUT2D eigenvalue weighted by Gasteiger charge is -2.16. The first-order valence-electron chi connectivity index (χ1n) is 10.1. The Morgan fingerprint density at radius 2 is 1.89 bits per heavy atom. The summed E-state index contributed by atoms with van der Waals surface area (Å²) < 4.78 is 7.88. The van der Waals surface area contributed by atoms with Gasteiger partial charge in [-0.3, -0.25) is 4.79 Å². The fraction of sp³-hybridized carbons (Fsp3) is 0.571. The summed E-state index contributed by atoms with van der Waals surface area (Å²) in [6.07, 6.45) is 6.95. The Morgan fingerprint density at radius 1 is 1.21 bits per heavy atom. The van der Waals surface area contributed by atoms with Crippen molar-refractivity contribution in [1.82, 2.24) is 20.1 Å². The van der Waals surface area contributed by atoms with Gasteiger partial charge in [-0.2, -0.15) is 0 Å². The van der Waals surface area contributed by atoms with Gasteiger partial charge < -0.3 is 14.6 Å². The molecule has 1 fully saturated rings. The molecule has 3 rings (SSSR count). The Morgan fingerprint density at radius 3 is 2.57 bits per heavy atom. The Hall–Kier alpha value is -2.02. The van der Waals surface area contributed by atoms with Crippen LogP contribution in [0.2, 0.25) is 0 Å². The zero-order valence-corrected chi connectivity index (χ0v) is 17.8. The maximum atomic E-state index is 12.3. The van der Waals surface area contributed by atoms with Crippen LogP contribution < -0.4 is 10.1 Å². The highest BCUT2D eigenvalue weighted by Gasteiger charge is 2.19. The van der Waals surface area contributed by atoms with Crippen LogP contribution >= 0.6 is 11.8 Å². The van der Waals surface area contributed by atoms with E-state index in [9.17, 15) is 4.79 Å². The van der Waals surface area contributed by atoms with Gasteiger partial charge in [-0.1, -0.05) is 55.1 Å². The van der Waals surface area contributed by atoms with Gasteiger partial charge in [0.05, 0.1) is 5.75 Å². The minimum atomic E-state index is -0.227. The molecular formula is C21H30N4O2S. The standard InChI is InChI=1S/C21H30N4O2S/c1-15-10-12-18(13-11-15)27-16(2)20-23-24-21(25(20)3)28-14-19(26)22-17-8-6-4-5-7-9-17/h10-13,16-17H,4-9,14H2,1-3H3,(H,22,26). The second kappa shape index (κ2) is 9.96. The zero-order chi connectivity index (χ0) is 19.9. The number of ether oxygens (including phenoxy) is 1. The normalized spacial score (nSPS) is 16.4. The number of aromatic nitrogens is 3. The van der Waals surface area contributed by atoms with Crippen molar-refractivity contribution in [1.29, 1.82) is 0 Å². The summed E-state index contributed by atoms with van der Waals surface area (Å²) in [4.78, 5) is 12.3. The molecule has 1 aliphatic carbocycles. The van der Waals surface area contributed by atoms with E-state index in [1.165, 1.54) is 43.0 Å². The third kappa shape index (κ3) is 5.74. The number of benzene rings is 1. The van der Waals surface area contributed by atoms with Crippen molar-refractivity contribution >= 4 is 17.7 Å². The van der Waals surface area contributed by atoms with E-state index >= 15 is 0 Å². The minimum Gasteiger partial charge on any atom is -0.483 e. The average molecular weight is 403 g/mol. The number of thioether (sulfide) groups is 1. The zero-order valence-electron chi connectivity index (χ0n) is 17.0. The van der Waals surface area contributed by atoms with Crippen LogP contribution in [-0.4, -0.2) is 32.5 Å². The molecule has 2 aromatic rings. The van der Waals surface area contributed by atoms with Crippen LogP contribution in [-0.2, 0) is 11.8 Å². The van der Waals surface area contributed by atoms with Crippen molar-refractivity contribution in [3.8, 4) is 5.75 Å². The van der Waals surface area contributed by atoms with Crippen LogP contribution in [0.5, 0.6) is 5.75 Å². The summed E-state index contributed by atoms with van der Waals surface area (Å²) in [7, 11) is 1.91. The molecule has 1 unspecified atom stereocenters. The smallest absolute Gasteiger partial charge is 0.230 e. The van der Waals surface area contributed by atoms with E-state index in [0.717, 1.165) is 29.6 Å². The van der Waals surface area contributed by atoms with Crippen LogP contribution in [0.15, 0.2) is 29.4 Å². The van der Waals surface area contributed by atoms with Gasteiger partial charge in [-0.25, -0.2) is 0 Å². The van der Waals surface area contributed by atoms with E-state index in [1.54, 1.807) is 0 Å². The van der Waals surface area contributed by atoms with E-state index < -0.39 is 0 Å². The van der Waals surface area contributed by atoms with E-state index in [1.807, 2.05) is 49.7 Å². The number of carbonyl (C=O) groups excluding carboxylic acids is 1. The maximum Gasteiger partial charge on any atom is 0.230 e.